The summed E-state index contributed by atoms with van der Waals surface area (Å²) in [4.78, 5) is 23.6. The average molecular weight is 314 g/mol. The zero-order valence-corrected chi connectivity index (χ0v) is 12.8. The molecule has 0 bridgehead atoms. The predicted molar refractivity (Wildman–Crippen MR) is 86.5 cm³/mol. The van der Waals surface area contributed by atoms with E-state index in [4.69, 9.17) is 10.5 Å². The van der Waals surface area contributed by atoms with Gasteiger partial charge in [0.2, 0.25) is 0 Å². The number of hydrogen-bond donors (Lipinski definition) is 2. The summed E-state index contributed by atoms with van der Waals surface area (Å²) >= 11 is 0. The van der Waals surface area contributed by atoms with E-state index in [0.717, 1.165) is 0 Å². The van der Waals surface area contributed by atoms with Gasteiger partial charge < -0.3 is 15.8 Å². The van der Waals surface area contributed by atoms with E-state index in [-0.39, 0.29) is 23.9 Å². The number of anilines is 1. The summed E-state index contributed by atoms with van der Waals surface area (Å²) in [6.45, 7) is 5.92. The van der Waals surface area contributed by atoms with E-state index in [9.17, 15) is 9.59 Å². The second-order valence-electron chi connectivity index (χ2n) is 4.62. The minimum Gasteiger partial charge on any atom is -0.462 e. The largest absolute Gasteiger partial charge is 0.462 e. The van der Waals surface area contributed by atoms with Crippen LogP contribution in [0, 0.1) is 0 Å². The third-order valence-corrected chi connectivity index (χ3v) is 3.08. The molecular weight excluding hydrogens is 296 g/mol. The molecule has 2 aromatic rings. The van der Waals surface area contributed by atoms with Crippen LogP contribution in [0.3, 0.4) is 0 Å². The molecule has 0 unspecified atom stereocenters. The van der Waals surface area contributed by atoms with Crippen LogP contribution in [0.4, 0.5) is 5.82 Å². The van der Waals surface area contributed by atoms with E-state index in [0.29, 0.717) is 17.8 Å². The van der Waals surface area contributed by atoms with Crippen molar-refractivity contribution in [3.05, 3.63) is 54.2 Å². The van der Waals surface area contributed by atoms with Crippen molar-refractivity contribution in [3.8, 4) is 5.69 Å². The van der Waals surface area contributed by atoms with Crippen molar-refractivity contribution in [1.82, 2.24) is 15.1 Å². The molecule has 0 aliphatic carbocycles. The highest BCUT2D eigenvalue weighted by Gasteiger charge is 2.17. The van der Waals surface area contributed by atoms with Crippen molar-refractivity contribution in [2.75, 3.05) is 18.9 Å². The highest BCUT2D eigenvalue weighted by atomic mass is 16.5. The molecule has 0 aliphatic rings. The highest BCUT2D eigenvalue weighted by Crippen LogP contribution is 2.18. The van der Waals surface area contributed by atoms with Crippen LogP contribution in [-0.2, 0) is 4.74 Å². The molecule has 2 rings (SSSR count). The molecule has 0 atom stereocenters. The number of esters is 1. The molecule has 7 heteroatoms. The Labute approximate surface area is 133 Å². The lowest BCUT2D eigenvalue weighted by Gasteiger charge is -2.07. The first-order valence-corrected chi connectivity index (χ1v) is 7.08. The van der Waals surface area contributed by atoms with Crippen LogP contribution in [0.1, 0.15) is 27.6 Å². The van der Waals surface area contributed by atoms with Crippen molar-refractivity contribution in [2.45, 2.75) is 6.92 Å². The minimum atomic E-state index is -0.517. The van der Waals surface area contributed by atoms with E-state index < -0.39 is 5.97 Å². The molecule has 0 spiro atoms. The van der Waals surface area contributed by atoms with Crippen molar-refractivity contribution in [3.63, 3.8) is 0 Å². The lowest BCUT2D eigenvalue weighted by molar-refractivity contribution is 0.0527. The van der Waals surface area contributed by atoms with Crippen LogP contribution in [0.25, 0.3) is 5.69 Å². The molecule has 0 saturated heterocycles. The third kappa shape index (κ3) is 3.57. The molecule has 7 nitrogen and oxygen atoms in total. The third-order valence-electron chi connectivity index (χ3n) is 3.08. The summed E-state index contributed by atoms with van der Waals surface area (Å²) in [5, 5.41) is 6.78. The monoisotopic (exact) mass is 314 g/mol. The smallest absolute Gasteiger partial charge is 0.343 e. The summed E-state index contributed by atoms with van der Waals surface area (Å²) in [7, 11) is 0. The van der Waals surface area contributed by atoms with E-state index in [1.54, 1.807) is 37.3 Å². The second kappa shape index (κ2) is 7.26. The second-order valence-corrected chi connectivity index (χ2v) is 4.62. The van der Waals surface area contributed by atoms with Gasteiger partial charge in [0.1, 0.15) is 11.4 Å². The van der Waals surface area contributed by atoms with Crippen LogP contribution in [0.15, 0.2) is 43.1 Å². The van der Waals surface area contributed by atoms with Gasteiger partial charge in [0, 0.05) is 12.1 Å². The van der Waals surface area contributed by atoms with E-state index in [1.165, 1.54) is 10.9 Å². The van der Waals surface area contributed by atoms with Gasteiger partial charge in [0.05, 0.1) is 18.5 Å². The Kier molecular flexibility index (Phi) is 5.14. The number of benzene rings is 1. The molecule has 3 N–H and O–H groups in total. The Morgan fingerprint density at radius 1 is 1.39 bits per heavy atom. The molecule has 0 aliphatic heterocycles. The molecule has 0 fully saturated rings. The summed E-state index contributed by atoms with van der Waals surface area (Å²) in [5.41, 5.74) is 7.29. The van der Waals surface area contributed by atoms with Gasteiger partial charge in [-0.05, 0) is 31.2 Å². The van der Waals surface area contributed by atoms with Crippen LogP contribution in [0.5, 0.6) is 0 Å². The molecule has 1 aromatic carbocycles. The Morgan fingerprint density at radius 2 is 2.09 bits per heavy atom. The molecule has 0 saturated carbocycles. The SMILES string of the molecule is C=CCNC(=O)c1ccc(-n2ncc(C(=O)OCC)c2N)cc1. The maximum atomic E-state index is 11.8. The number of nitrogen functional groups attached to an aromatic ring is 1. The minimum absolute atomic E-state index is 0.187. The molecular formula is C16H18N4O3. The molecule has 1 aromatic heterocycles. The van der Waals surface area contributed by atoms with Crippen LogP contribution >= 0.6 is 0 Å². The van der Waals surface area contributed by atoms with Crippen molar-refractivity contribution >= 4 is 17.7 Å². The number of carbonyl (C=O) groups is 2. The molecule has 0 radical (unpaired) electrons. The molecule has 23 heavy (non-hydrogen) atoms. The number of aromatic nitrogens is 2. The first-order valence-electron chi connectivity index (χ1n) is 7.08. The zero-order valence-electron chi connectivity index (χ0n) is 12.8. The van der Waals surface area contributed by atoms with Gasteiger partial charge >= 0.3 is 5.97 Å². The maximum absolute atomic E-state index is 11.8. The lowest BCUT2D eigenvalue weighted by Crippen LogP contribution is -2.23. The summed E-state index contributed by atoms with van der Waals surface area (Å²) in [5.74, 6) is -0.527. The topological polar surface area (TPSA) is 99.2 Å². The Balaban J connectivity index is 2.21. The summed E-state index contributed by atoms with van der Waals surface area (Å²) in [6, 6.07) is 6.69. The number of hydrogen-bond acceptors (Lipinski definition) is 5. The van der Waals surface area contributed by atoms with E-state index in [2.05, 4.69) is 17.0 Å². The summed E-state index contributed by atoms with van der Waals surface area (Å²) in [6.07, 6.45) is 2.96. The Bertz CT molecular complexity index is 719. The predicted octanol–water partition coefficient (Wildman–Crippen LogP) is 1.55. The molecule has 1 heterocycles. The highest BCUT2D eigenvalue weighted by molar-refractivity contribution is 5.95. The zero-order chi connectivity index (χ0) is 16.8. The fourth-order valence-corrected chi connectivity index (χ4v) is 1.95. The van der Waals surface area contributed by atoms with Crippen molar-refractivity contribution < 1.29 is 14.3 Å². The Hall–Kier alpha value is -3.09. The quantitative estimate of drug-likeness (QED) is 0.622. The van der Waals surface area contributed by atoms with Crippen molar-refractivity contribution in [1.29, 1.82) is 0 Å². The number of ether oxygens (including phenoxy) is 1. The first-order chi connectivity index (χ1) is 11.1. The number of carbonyl (C=O) groups excluding carboxylic acids is 2. The standard InChI is InChI=1S/C16H18N4O3/c1-3-9-18-15(21)11-5-7-12(8-6-11)20-14(17)13(10-19-20)16(22)23-4-2/h3,5-8,10H,1,4,9,17H2,2H3,(H,18,21). The van der Waals surface area contributed by atoms with Crippen LogP contribution in [-0.4, -0.2) is 34.8 Å². The fraction of sp³-hybridized carbons (Fsp3) is 0.188. The Morgan fingerprint density at radius 3 is 2.70 bits per heavy atom. The number of nitrogens with two attached hydrogens (primary N) is 1. The first kappa shape index (κ1) is 16.3. The van der Waals surface area contributed by atoms with Gasteiger partial charge in [-0.25, -0.2) is 9.48 Å². The number of nitrogens with zero attached hydrogens (tertiary/aromatic N) is 2. The van der Waals surface area contributed by atoms with Gasteiger partial charge in [-0.3, -0.25) is 4.79 Å². The fourth-order valence-electron chi connectivity index (χ4n) is 1.95. The number of nitrogens with one attached hydrogen (secondary N) is 1. The molecule has 1 amide bonds. The van der Waals surface area contributed by atoms with Crippen LogP contribution in [0.2, 0.25) is 0 Å². The molecule has 120 valence electrons. The van der Waals surface area contributed by atoms with Gasteiger partial charge in [-0.1, -0.05) is 6.08 Å². The van der Waals surface area contributed by atoms with Crippen molar-refractivity contribution in [2.24, 2.45) is 0 Å². The lowest BCUT2D eigenvalue weighted by atomic mass is 10.2. The van der Waals surface area contributed by atoms with Gasteiger partial charge in [-0.2, -0.15) is 5.10 Å². The maximum Gasteiger partial charge on any atom is 0.343 e. The number of rotatable bonds is 6. The average Bonchev–Trinajstić information content (AvgIpc) is 2.94. The van der Waals surface area contributed by atoms with E-state index >= 15 is 0 Å². The normalized spacial score (nSPS) is 10.1. The summed E-state index contributed by atoms with van der Waals surface area (Å²) < 4.78 is 6.33. The van der Waals surface area contributed by atoms with Gasteiger partial charge in [-0.15, -0.1) is 6.58 Å². The van der Waals surface area contributed by atoms with Crippen LogP contribution < -0.4 is 11.1 Å². The van der Waals surface area contributed by atoms with E-state index in [1.807, 2.05) is 0 Å². The number of amides is 1. The van der Waals surface area contributed by atoms with Gasteiger partial charge in [0.25, 0.3) is 5.91 Å². The van der Waals surface area contributed by atoms with Gasteiger partial charge in [0.15, 0.2) is 0 Å².